The number of benzene rings is 1. The van der Waals surface area contributed by atoms with Crippen LogP contribution in [0.25, 0.3) is 0 Å². The van der Waals surface area contributed by atoms with Crippen LogP contribution in [-0.4, -0.2) is 9.97 Å². The molecule has 0 radical (unpaired) electrons. The van der Waals surface area contributed by atoms with E-state index in [1.807, 2.05) is 31.2 Å². The second kappa shape index (κ2) is 4.67. The molecule has 0 aliphatic rings. The normalized spacial score (nSPS) is 10.0. The van der Waals surface area contributed by atoms with Crippen LogP contribution in [0.5, 0.6) is 0 Å². The Morgan fingerprint density at radius 2 is 1.71 bits per heavy atom. The molecule has 1 aromatic carbocycles. The number of hydrazine groups is 1. The Hall–Kier alpha value is -2.34. The lowest BCUT2D eigenvalue weighted by Gasteiger charge is -2.08. The third-order valence-electron chi connectivity index (χ3n) is 2.22. The van der Waals surface area contributed by atoms with Gasteiger partial charge in [0.15, 0.2) is 0 Å². The number of nitrogens with two attached hydrogens (primary N) is 2. The molecule has 2 aromatic rings. The fourth-order valence-electron chi connectivity index (χ4n) is 1.39. The fraction of sp³-hybridized carbons (Fsp3) is 0.0909. The van der Waals surface area contributed by atoms with Gasteiger partial charge in [0.2, 0.25) is 5.95 Å². The zero-order valence-corrected chi connectivity index (χ0v) is 9.44. The van der Waals surface area contributed by atoms with Crippen molar-refractivity contribution in [3.63, 3.8) is 0 Å². The maximum absolute atomic E-state index is 5.55. The lowest BCUT2D eigenvalue weighted by Crippen LogP contribution is -2.11. The number of nitrogens with one attached hydrogen (secondary N) is 2. The molecule has 1 aromatic heterocycles. The first-order chi connectivity index (χ1) is 8.17. The minimum absolute atomic E-state index is 0.162. The van der Waals surface area contributed by atoms with Gasteiger partial charge in [-0.2, -0.15) is 9.97 Å². The molecule has 1 heterocycles. The topological polar surface area (TPSA) is 102 Å². The molecule has 0 aliphatic heterocycles. The third kappa shape index (κ3) is 2.82. The second-order valence-corrected chi connectivity index (χ2v) is 3.63. The molecule has 0 unspecified atom stereocenters. The molecule has 17 heavy (non-hydrogen) atoms. The Bertz CT molecular complexity index is 508. The molecule has 0 atom stereocenters. The number of aryl methyl sites for hydroxylation is 1. The Morgan fingerprint density at radius 3 is 2.35 bits per heavy atom. The minimum Gasteiger partial charge on any atom is -0.368 e. The lowest BCUT2D eigenvalue weighted by molar-refractivity contribution is 1.15. The Balaban J connectivity index is 2.23. The van der Waals surface area contributed by atoms with Crippen LogP contribution in [-0.2, 0) is 0 Å². The summed E-state index contributed by atoms with van der Waals surface area (Å²) in [5, 5.41) is 3.12. The number of aromatic nitrogens is 2. The van der Waals surface area contributed by atoms with Gasteiger partial charge in [-0.25, -0.2) is 5.84 Å². The molecular weight excluding hydrogens is 216 g/mol. The van der Waals surface area contributed by atoms with Gasteiger partial charge in [0, 0.05) is 11.8 Å². The van der Waals surface area contributed by atoms with E-state index in [1.54, 1.807) is 6.07 Å². The molecule has 88 valence electrons. The van der Waals surface area contributed by atoms with E-state index < -0.39 is 0 Å². The average Bonchev–Trinajstić information content (AvgIpc) is 2.31. The molecule has 0 aliphatic carbocycles. The molecule has 0 spiro atoms. The smallest absolute Gasteiger partial charge is 0.223 e. The molecule has 2 rings (SSSR count). The maximum atomic E-state index is 5.55. The standard InChI is InChI=1S/C11H14N6/c1-7-2-4-8(5-3-7)14-9-6-10(17-13)16-11(12)15-9/h2-6H,13H2,1H3,(H4,12,14,15,16,17). The Kier molecular flexibility index (Phi) is 3.06. The van der Waals surface area contributed by atoms with Crippen LogP contribution in [0.3, 0.4) is 0 Å². The van der Waals surface area contributed by atoms with E-state index in [1.165, 1.54) is 5.56 Å². The number of anilines is 4. The van der Waals surface area contributed by atoms with Gasteiger partial charge in [-0.15, -0.1) is 0 Å². The van der Waals surface area contributed by atoms with Crippen molar-refractivity contribution in [1.29, 1.82) is 0 Å². The van der Waals surface area contributed by atoms with E-state index in [9.17, 15) is 0 Å². The number of hydrogen-bond donors (Lipinski definition) is 4. The summed E-state index contributed by atoms with van der Waals surface area (Å²) < 4.78 is 0. The highest BCUT2D eigenvalue weighted by molar-refractivity contribution is 5.60. The first-order valence-electron chi connectivity index (χ1n) is 5.12. The number of nitrogens with zero attached hydrogens (tertiary/aromatic N) is 2. The Morgan fingerprint density at radius 1 is 1.06 bits per heavy atom. The van der Waals surface area contributed by atoms with Gasteiger partial charge in [0.25, 0.3) is 0 Å². The molecule has 0 bridgehead atoms. The van der Waals surface area contributed by atoms with Crippen LogP contribution in [0.4, 0.5) is 23.3 Å². The van der Waals surface area contributed by atoms with Crippen LogP contribution in [0.1, 0.15) is 5.56 Å². The molecular formula is C11H14N6. The zero-order chi connectivity index (χ0) is 12.3. The van der Waals surface area contributed by atoms with Crippen molar-refractivity contribution in [3.8, 4) is 0 Å². The highest BCUT2D eigenvalue weighted by atomic mass is 15.3. The zero-order valence-electron chi connectivity index (χ0n) is 9.44. The van der Waals surface area contributed by atoms with Crippen molar-refractivity contribution < 1.29 is 0 Å². The van der Waals surface area contributed by atoms with E-state index in [2.05, 4.69) is 20.7 Å². The van der Waals surface area contributed by atoms with Crippen molar-refractivity contribution in [1.82, 2.24) is 9.97 Å². The number of rotatable bonds is 3. The summed E-state index contributed by atoms with van der Waals surface area (Å²) in [5.41, 5.74) is 10.1. The Labute approximate surface area is 99.0 Å². The van der Waals surface area contributed by atoms with E-state index in [-0.39, 0.29) is 5.95 Å². The van der Waals surface area contributed by atoms with Crippen molar-refractivity contribution in [2.45, 2.75) is 6.92 Å². The van der Waals surface area contributed by atoms with Crippen molar-refractivity contribution in [2.24, 2.45) is 5.84 Å². The molecule has 0 saturated heterocycles. The summed E-state index contributed by atoms with van der Waals surface area (Å²) in [4.78, 5) is 7.96. The predicted octanol–water partition coefficient (Wildman–Crippen LogP) is 1.40. The number of hydrogen-bond acceptors (Lipinski definition) is 6. The molecule has 6 heteroatoms. The second-order valence-electron chi connectivity index (χ2n) is 3.63. The lowest BCUT2D eigenvalue weighted by atomic mass is 10.2. The third-order valence-corrected chi connectivity index (χ3v) is 2.22. The average molecular weight is 230 g/mol. The van der Waals surface area contributed by atoms with Gasteiger partial charge in [-0.3, -0.25) is 0 Å². The van der Waals surface area contributed by atoms with Crippen LogP contribution in [0, 0.1) is 6.92 Å². The molecule has 0 saturated carbocycles. The van der Waals surface area contributed by atoms with Gasteiger partial charge in [0.1, 0.15) is 11.6 Å². The quantitative estimate of drug-likeness (QED) is 0.469. The van der Waals surface area contributed by atoms with Gasteiger partial charge in [-0.1, -0.05) is 17.7 Å². The van der Waals surface area contributed by atoms with Crippen LogP contribution in [0.15, 0.2) is 30.3 Å². The van der Waals surface area contributed by atoms with Crippen molar-refractivity contribution in [2.75, 3.05) is 16.5 Å². The minimum atomic E-state index is 0.162. The van der Waals surface area contributed by atoms with E-state index >= 15 is 0 Å². The first kappa shape index (κ1) is 11.2. The highest BCUT2D eigenvalue weighted by Crippen LogP contribution is 2.17. The van der Waals surface area contributed by atoms with Gasteiger partial charge in [-0.05, 0) is 19.1 Å². The summed E-state index contributed by atoms with van der Waals surface area (Å²) in [7, 11) is 0. The molecule has 0 amide bonds. The monoisotopic (exact) mass is 230 g/mol. The largest absolute Gasteiger partial charge is 0.368 e. The number of nitrogen functional groups attached to an aromatic ring is 2. The van der Waals surface area contributed by atoms with Crippen LogP contribution >= 0.6 is 0 Å². The highest BCUT2D eigenvalue weighted by Gasteiger charge is 2.01. The maximum Gasteiger partial charge on any atom is 0.223 e. The summed E-state index contributed by atoms with van der Waals surface area (Å²) in [6, 6.07) is 9.62. The first-order valence-corrected chi connectivity index (χ1v) is 5.12. The van der Waals surface area contributed by atoms with E-state index in [0.29, 0.717) is 11.6 Å². The van der Waals surface area contributed by atoms with Gasteiger partial charge in [0.05, 0.1) is 0 Å². The molecule has 6 nitrogen and oxygen atoms in total. The summed E-state index contributed by atoms with van der Waals surface area (Å²) >= 11 is 0. The summed E-state index contributed by atoms with van der Waals surface area (Å²) in [5.74, 6) is 6.50. The van der Waals surface area contributed by atoms with E-state index in [0.717, 1.165) is 5.69 Å². The van der Waals surface area contributed by atoms with Crippen LogP contribution in [0.2, 0.25) is 0 Å². The predicted molar refractivity (Wildman–Crippen MR) is 68.7 cm³/mol. The van der Waals surface area contributed by atoms with Crippen molar-refractivity contribution >= 4 is 23.3 Å². The summed E-state index contributed by atoms with van der Waals surface area (Å²) in [6.07, 6.45) is 0. The summed E-state index contributed by atoms with van der Waals surface area (Å²) in [6.45, 7) is 2.03. The fourth-order valence-corrected chi connectivity index (χ4v) is 1.39. The van der Waals surface area contributed by atoms with Crippen LogP contribution < -0.4 is 22.3 Å². The molecule has 0 fully saturated rings. The van der Waals surface area contributed by atoms with Crippen molar-refractivity contribution in [3.05, 3.63) is 35.9 Å². The van der Waals surface area contributed by atoms with Gasteiger partial charge >= 0.3 is 0 Å². The SMILES string of the molecule is Cc1ccc(Nc2cc(NN)nc(N)n2)cc1. The van der Waals surface area contributed by atoms with Gasteiger partial charge < -0.3 is 16.5 Å². The van der Waals surface area contributed by atoms with E-state index in [4.69, 9.17) is 11.6 Å². The molecule has 6 N–H and O–H groups in total.